The highest BCUT2D eigenvalue weighted by Crippen LogP contribution is 2.20. The number of primary amides is 1. The molecule has 0 aromatic rings. The fraction of sp³-hybridized carbons (Fsp3) is 0.769. The molecule has 0 heterocycles. The van der Waals surface area contributed by atoms with E-state index in [2.05, 4.69) is 23.3 Å². The molecule has 3 amide bonds. The number of nitrogens with two attached hydrogens (primary N) is 2. The van der Waals surface area contributed by atoms with E-state index in [4.69, 9.17) is 11.5 Å². The summed E-state index contributed by atoms with van der Waals surface area (Å²) in [6.45, 7) is 6.55. The van der Waals surface area contributed by atoms with Gasteiger partial charge in [-0.3, -0.25) is 14.4 Å². The quantitative estimate of drug-likeness (QED) is 0.302. The molecule has 0 aliphatic carbocycles. The molecule has 4 atom stereocenters. The molecule has 0 aromatic carbocycles. The summed E-state index contributed by atoms with van der Waals surface area (Å²) >= 11 is 3.93. The van der Waals surface area contributed by atoms with E-state index in [-0.39, 0.29) is 5.75 Å². The Bertz CT molecular complexity index is 423. The molecule has 22 heavy (non-hydrogen) atoms. The Morgan fingerprint density at radius 1 is 1.18 bits per heavy atom. The molecule has 0 aliphatic rings. The van der Waals surface area contributed by atoms with Gasteiger partial charge < -0.3 is 27.2 Å². The second-order valence-electron chi connectivity index (χ2n) is 6.23. The van der Waals surface area contributed by atoms with Gasteiger partial charge in [-0.2, -0.15) is 12.6 Å². The third-order valence-corrected chi connectivity index (χ3v) is 3.43. The number of carbonyl (C=O) groups excluding carboxylic acids is 3. The normalized spacial score (nSPS) is 17.0. The van der Waals surface area contributed by atoms with Gasteiger partial charge in [0, 0.05) is 5.75 Å². The minimum absolute atomic E-state index is 0.127. The third-order valence-electron chi connectivity index (χ3n) is 3.03. The van der Waals surface area contributed by atoms with Crippen LogP contribution in [-0.4, -0.2) is 52.8 Å². The lowest BCUT2D eigenvalue weighted by atomic mass is 9.85. The standard InChI is InChI=1S/C13H26N4O4S/c1-6(18)8(10(15)19)16-12(21)9(13(2,3)4)17-11(20)7(14)5-22/h6-9,18,22H,5,14H2,1-4H3,(H2,15,19)(H,16,21)(H,17,20)/t6-,7+,8+,9-/m1/s1. The molecule has 9 heteroatoms. The highest BCUT2D eigenvalue weighted by Gasteiger charge is 2.36. The summed E-state index contributed by atoms with van der Waals surface area (Å²) in [5, 5.41) is 14.4. The first-order valence-corrected chi connectivity index (χ1v) is 7.49. The van der Waals surface area contributed by atoms with Crippen molar-refractivity contribution >= 4 is 30.4 Å². The van der Waals surface area contributed by atoms with Crippen molar-refractivity contribution < 1.29 is 19.5 Å². The van der Waals surface area contributed by atoms with Crippen LogP contribution in [0.15, 0.2) is 0 Å². The maximum atomic E-state index is 12.4. The third kappa shape index (κ3) is 6.20. The smallest absolute Gasteiger partial charge is 0.243 e. The predicted octanol–water partition coefficient (Wildman–Crippen LogP) is -1.87. The van der Waals surface area contributed by atoms with E-state index < -0.39 is 47.4 Å². The molecule has 0 aliphatic heterocycles. The predicted molar refractivity (Wildman–Crippen MR) is 86.0 cm³/mol. The van der Waals surface area contributed by atoms with Crippen molar-refractivity contribution in [2.24, 2.45) is 16.9 Å². The summed E-state index contributed by atoms with van der Waals surface area (Å²) in [7, 11) is 0. The van der Waals surface area contributed by atoms with Crippen LogP contribution in [0.25, 0.3) is 0 Å². The lowest BCUT2D eigenvalue weighted by Gasteiger charge is -2.32. The first-order chi connectivity index (χ1) is 9.91. The van der Waals surface area contributed by atoms with Crippen LogP contribution in [0.3, 0.4) is 0 Å². The number of carbonyl (C=O) groups is 3. The first kappa shape index (κ1) is 20.7. The SMILES string of the molecule is C[C@@H](O)[C@H](NC(=O)[C@@H](NC(=O)[C@@H](N)CS)C(C)(C)C)C(N)=O. The minimum Gasteiger partial charge on any atom is -0.391 e. The Morgan fingerprint density at radius 3 is 2.00 bits per heavy atom. The van der Waals surface area contributed by atoms with Crippen molar-refractivity contribution in [1.82, 2.24) is 10.6 Å². The molecule has 0 saturated carbocycles. The topological polar surface area (TPSA) is 148 Å². The number of aliphatic hydroxyl groups excluding tert-OH is 1. The van der Waals surface area contributed by atoms with Crippen molar-refractivity contribution in [3.05, 3.63) is 0 Å². The molecule has 8 nitrogen and oxygen atoms in total. The average molecular weight is 334 g/mol. The Balaban J connectivity index is 5.17. The fourth-order valence-corrected chi connectivity index (χ4v) is 1.84. The van der Waals surface area contributed by atoms with Crippen LogP contribution < -0.4 is 22.1 Å². The number of hydrogen-bond acceptors (Lipinski definition) is 6. The molecule has 0 aromatic heterocycles. The van der Waals surface area contributed by atoms with Gasteiger partial charge in [-0.15, -0.1) is 0 Å². The van der Waals surface area contributed by atoms with E-state index in [1.54, 1.807) is 20.8 Å². The summed E-state index contributed by atoms with van der Waals surface area (Å²) < 4.78 is 0. The van der Waals surface area contributed by atoms with Crippen LogP contribution >= 0.6 is 12.6 Å². The van der Waals surface area contributed by atoms with Gasteiger partial charge in [-0.05, 0) is 12.3 Å². The summed E-state index contributed by atoms with van der Waals surface area (Å²) in [4.78, 5) is 35.5. The largest absolute Gasteiger partial charge is 0.391 e. The van der Waals surface area contributed by atoms with Crippen molar-refractivity contribution in [2.75, 3.05) is 5.75 Å². The number of amides is 3. The summed E-state index contributed by atoms with van der Waals surface area (Å²) in [5.41, 5.74) is 10.1. The van der Waals surface area contributed by atoms with Gasteiger partial charge in [0.2, 0.25) is 17.7 Å². The molecule has 0 unspecified atom stereocenters. The first-order valence-electron chi connectivity index (χ1n) is 6.86. The monoisotopic (exact) mass is 334 g/mol. The highest BCUT2D eigenvalue weighted by atomic mass is 32.1. The summed E-state index contributed by atoms with van der Waals surface area (Å²) in [5.74, 6) is -1.90. The van der Waals surface area contributed by atoms with E-state index in [9.17, 15) is 19.5 Å². The lowest BCUT2D eigenvalue weighted by Crippen LogP contribution is -2.61. The Hall–Kier alpha value is -1.32. The molecule has 0 rings (SSSR count). The molecule has 7 N–H and O–H groups in total. The molecular formula is C13H26N4O4S. The second-order valence-corrected chi connectivity index (χ2v) is 6.59. The average Bonchev–Trinajstić information content (AvgIpc) is 2.38. The Morgan fingerprint density at radius 2 is 1.68 bits per heavy atom. The number of thiol groups is 1. The van der Waals surface area contributed by atoms with Gasteiger partial charge in [0.05, 0.1) is 12.1 Å². The maximum absolute atomic E-state index is 12.4. The van der Waals surface area contributed by atoms with E-state index in [0.29, 0.717) is 0 Å². The molecular weight excluding hydrogens is 308 g/mol. The number of aliphatic hydroxyl groups is 1. The van der Waals surface area contributed by atoms with Crippen LogP contribution in [0.5, 0.6) is 0 Å². The Labute approximate surface area is 135 Å². The molecule has 0 bridgehead atoms. The van der Waals surface area contributed by atoms with Gasteiger partial charge in [0.15, 0.2) is 0 Å². The number of rotatable bonds is 7. The minimum atomic E-state index is -1.24. The maximum Gasteiger partial charge on any atom is 0.243 e. The zero-order valence-corrected chi connectivity index (χ0v) is 14.2. The summed E-state index contributed by atoms with van der Waals surface area (Å²) in [6.07, 6.45) is -1.16. The van der Waals surface area contributed by atoms with Crippen LogP contribution in [0.4, 0.5) is 0 Å². The van der Waals surface area contributed by atoms with Gasteiger partial charge >= 0.3 is 0 Å². The highest BCUT2D eigenvalue weighted by molar-refractivity contribution is 7.80. The van der Waals surface area contributed by atoms with Crippen LogP contribution in [0.2, 0.25) is 0 Å². The van der Waals surface area contributed by atoms with E-state index in [1.807, 2.05) is 0 Å². The molecule has 0 radical (unpaired) electrons. The van der Waals surface area contributed by atoms with Crippen molar-refractivity contribution in [3.8, 4) is 0 Å². The zero-order chi connectivity index (χ0) is 17.7. The van der Waals surface area contributed by atoms with Crippen LogP contribution in [-0.2, 0) is 14.4 Å². The zero-order valence-electron chi connectivity index (χ0n) is 13.3. The van der Waals surface area contributed by atoms with E-state index in [1.165, 1.54) is 6.92 Å². The van der Waals surface area contributed by atoms with Gasteiger partial charge in [0.25, 0.3) is 0 Å². The Kier molecular flexibility index (Phi) is 7.85. The van der Waals surface area contributed by atoms with Crippen LogP contribution in [0, 0.1) is 5.41 Å². The van der Waals surface area contributed by atoms with E-state index in [0.717, 1.165) is 0 Å². The molecule has 0 fully saturated rings. The number of hydrogen-bond donors (Lipinski definition) is 6. The second kappa shape index (κ2) is 8.35. The van der Waals surface area contributed by atoms with Gasteiger partial charge in [-0.1, -0.05) is 20.8 Å². The molecule has 0 saturated heterocycles. The fourth-order valence-electron chi connectivity index (χ4n) is 1.67. The van der Waals surface area contributed by atoms with Crippen LogP contribution in [0.1, 0.15) is 27.7 Å². The molecule has 128 valence electrons. The van der Waals surface area contributed by atoms with E-state index >= 15 is 0 Å². The summed E-state index contributed by atoms with van der Waals surface area (Å²) in [6, 6.07) is -3.05. The van der Waals surface area contributed by atoms with Crippen molar-refractivity contribution in [1.29, 1.82) is 0 Å². The lowest BCUT2D eigenvalue weighted by molar-refractivity contribution is -0.135. The van der Waals surface area contributed by atoms with Gasteiger partial charge in [-0.25, -0.2) is 0 Å². The van der Waals surface area contributed by atoms with Crippen molar-refractivity contribution in [2.45, 2.75) is 51.9 Å². The number of nitrogens with one attached hydrogen (secondary N) is 2. The van der Waals surface area contributed by atoms with Crippen molar-refractivity contribution in [3.63, 3.8) is 0 Å². The molecule has 0 spiro atoms. The van der Waals surface area contributed by atoms with Gasteiger partial charge in [0.1, 0.15) is 12.1 Å².